The molecule has 0 spiro atoms. The Bertz CT molecular complexity index is 1300. The van der Waals surface area contributed by atoms with Crippen molar-refractivity contribution in [3.05, 3.63) is 65.2 Å². The summed E-state index contributed by atoms with van der Waals surface area (Å²) in [4.78, 5) is 12.8. The molecule has 2 aromatic carbocycles. The monoisotopic (exact) mass is 578 g/mol. The lowest BCUT2D eigenvalue weighted by molar-refractivity contribution is -0.113. The van der Waals surface area contributed by atoms with E-state index in [-0.39, 0.29) is 17.4 Å². The molecule has 1 heterocycles. The third-order valence-electron chi connectivity index (χ3n) is 8.38. The summed E-state index contributed by atoms with van der Waals surface area (Å²) in [5.41, 5.74) is 3.22. The Balaban J connectivity index is 1.11. The van der Waals surface area contributed by atoms with Gasteiger partial charge in [0.2, 0.25) is 5.91 Å². The van der Waals surface area contributed by atoms with E-state index in [2.05, 4.69) is 62.3 Å². The van der Waals surface area contributed by atoms with Crippen molar-refractivity contribution in [2.45, 2.75) is 55.6 Å². The summed E-state index contributed by atoms with van der Waals surface area (Å²) in [5.74, 6) is 3.51. The van der Waals surface area contributed by atoms with Crippen molar-refractivity contribution < 1.29 is 9.90 Å². The van der Waals surface area contributed by atoms with Crippen molar-refractivity contribution in [2.24, 2.45) is 17.8 Å². The van der Waals surface area contributed by atoms with E-state index in [1.165, 1.54) is 55.9 Å². The SMILES string of the molecule is C=CCn1c(SCC(=O)Nc2ccc(C34CC5CC(CC(C5)C3)C4)cc2)nnc1-c1cc(Br)ccc1O. The van der Waals surface area contributed by atoms with Crippen LogP contribution in [0.3, 0.4) is 0 Å². The highest BCUT2D eigenvalue weighted by molar-refractivity contribution is 9.10. The van der Waals surface area contributed by atoms with Crippen LogP contribution in [0.5, 0.6) is 5.75 Å². The molecule has 0 saturated heterocycles. The number of halogens is 1. The predicted molar refractivity (Wildman–Crippen MR) is 151 cm³/mol. The van der Waals surface area contributed by atoms with E-state index in [4.69, 9.17) is 0 Å². The minimum Gasteiger partial charge on any atom is -0.507 e. The summed E-state index contributed by atoms with van der Waals surface area (Å²) in [6.07, 6.45) is 10.1. The molecule has 4 aliphatic rings. The predicted octanol–water partition coefficient (Wildman–Crippen LogP) is 6.80. The van der Waals surface area contributed by atoms with Crippen LogP contribution in [-0.2, 0) is 16.8 Å². The number of thioether (sulfide) groups is 1. The number of rotatable bonds is 8. The van der Waals surface area contributed by atoms with Gasteiger partial charge >= 0.3 is 0 Å². The number of benzene rings is 2. The Morgan fingerprint density at radius 3 is 2.43 bits per heavy atom. The summed E-state index contributed by atoms with van der Waals surface area (Å²) in [5, 5.41) is 22.5. The smallest absolute Gasteiger partial charge is 0.234 e. The molecular weight excluding hydrogens is 548 g/mol. The van der Waals surface area contributed by atoms with Crippen molar-refractivity contribution >= 4 is 39.3 Å². The molecule has 0 radical (unpaired) electrons. The first kappa shape index (κ1) is 24.7. The molecule has 0 atom stereocenters. The van der Waals surface area contributed by atoms with Gasteiger partial charge in [0.1, 0.15) is 5.75 Å². The van der Waals surface area contributed by atoms with Gasteiger partial charge in [-0.05, 0) is 97.6 Å². The van der Waals surface area contributed by atoms with E-state index < -0.39 is 0 Å². The standard InChI is InChI=1S/C29H31BrN4O2S/c1-2-9-34-27(24-13-22(30)5-8-25(24)35)32-33-28(34)37-17-26(36)31-23-6-3-21(4-7-23)29-14-18-10-19(15-29)12-20(11-18)16-29/h2-8,13,18-20,35H,1,9-12,14-17H2,(H,31,36). The van der Waals surface area contributed by atoms with Crippen LogP contribution < -0.4 is 5.32 Å². The molecule has 8 heteroatoms. The molecule has 0 aliphatic heterocycles. The minimum atomic E-state index is -0.0902. The molecule has 6 nitrogen and oxygen atoms in total. The second-order valence-corrected chi connectivity index (χ2v) is 12.8. The number of amides is 1. The first-order chi connectivity index (χ1) is 17.9. The van der Waals surface area contributed by atoms with Gasteiger partial charge in [0.05, 0.1) is 11.3 Å². The average molecular weight is 580 g/mol. The topological polar surface area (TPSA) is 80.0 Å². The van der Waals surface area contributed by atoms with Crippen molar-refractivity contribution in [3.63, 3.8) is 0 Å². The molecule has 4 bridgehead atoms. The Morgan fingerprint density at radius 1 is 1.11 bits per heavy atom. The summed E-state index contributed by atoms with van der Waals surface area (Å²) >= 11 is 4.76. The van der Waals surface area contributed by atoms with Crippen molar-refractivity contribution in [3.8, 4) is 17.1 Å². The molecular formula is C29H31BrN4O2S. The van der Waals surface area contributed by atoms with Crippen LogP contribution in [0.15, 0.2) is 64.7 Å². The fourth-order valence-corrected chi connectivity index (χ4v) is 8.38. The quantitative estimate of drug-likeness (QED) is 0.227. The molecule has 3 aromatic rings. The summed E-state index contributed by atoms with van der Waals surface area (Å²) in [6.45, 7) is 4.29. The number of allylic oxidation sites excluding steroid dienone is 1. The van der Waals surface area contributed by atoms with Gasteiger partial charge < -0.3 is 10.4 Å². The number of aromatic hydroxyl groups is 1. The van der Waals surface area contributed by atoms with E-state index >= 15 is 0 Å². The second-order valence-electron chi connectivity index (χ2n) is 11.0. The number of nitrogens with one attached hydrogen (secondary N) is 1. The number of phenolic OH excluding ortho intramolecular Hbond substituents is 1. The van der Waals surface area contributed by atoms with Crippen LogP contribution in [0, 0.1) is 17.8 Å². The van der Waals surface area contributed by atoms with E-state index in [0.29, 0.717) is 28.5 Å². The van der Waals surface area contributed by atoms with Crippen LogP contribution in [-0.4, -0.2) is 31.5 Å². The zero-order valence-electron chi connectivity index (χ0n) is 20.7. The normalized spacial score (nSPS) is 25.8. The fraction of sp³-hybridized carbons (Fsp3) is 0.414. The maximum absolute atomic E-state index is 12.8. The molecule has 7 rings (SSSR count). The molecule has 4 saturated carbocycles. The van der Waals surface area contributed by atoms with E-state index in [1.807, 2.05) is 4.57 Å². The van der Waals surface area contributed by atoms with Gasteiger partial charge in [0.15, 0.2) is 11.0 Å². The average Bonchev–Trinajstić information content (AvgIpc) is 3.26. The molecule has 37 heavy (non-hydrogen) atoms. The van der Waals surface area contributed by atoms with E-state index in [9.17, 15) is 9.90 Å². The van der Waals surface area contributed by atoms with Crippen molar-refractivity contribution in [1.82, 2.24) is 14.8 Å². The molecule has 1 amide bonds. The Hall–Kier alpha value is -2.58. The lowest BCUT2D eigenvalue weighted by Crippen LogP contribution is -2.48. The fourth-order valence-electron chi connectivity index (χ4n) is 7.27. The zero-order valence-corrected chi connectivity index (χ0v) is 23.1. The lowest BCUT2D eigenvalue weighted by atomic mass is 9.48. The molecule has 2 N–H and O–H groups in total. The molecule has 4 aliphatic carbocycles. The van der Waals surface area contributed by atoms with Crippen LogP contribution >= 0.6 is 27.7 Å². The first-order valence-corrected chi connectivity index (χ1v) is 14.8. The van der Waals surface area contributed by atoms with Gasteiger partial charge in [-0.2, -0.15) is 0 Å². The van der Waals surface area contributed by atoms with E-state index in [0.717, 1.165) is 27.9 Å². The Kier molecular flexibility index (Phi) is 6.65. The van der Waals surface area contributed by atoms with E-state index in [1.54, 1.807) is 24.3 Å². The maximum Gasteiger partial charge on any atom is 0.234 e. The Labute approximate surface area is 230 Å². The first-order valence-electron chi connectivity index (χ1n) is 13.0. The highest BCUT2D eigenvalue weighted by atomic mass is 79.9. The summed E-state index contributed by atoms with van der Waals surface area (Å²) < 4.78 is 2.68. The van der Waals surface area contributed by atoms with Crippen LogP contribution in [0.2, 0.25) is 0 Å². The number of anilines is 1. The van der Waals surface area contributed by atoms with Gasteiger partial charge in [0.25, 0.3) is 0 Å². The highest BCUT2D eigenvalue weighted by Gasteiger charge is 2.51. The molecule has 0 unspecified atom stereocenters. The van der Waals surface area contributed by atoms with Gasteiger partial charge in [-0.1, -0.05) is 45.9 Å². The third-order valence-corrected chi connectivity index (χ3v) is 9.84. The number of hydrogen-bond acceptors (Lipinski definition) is 5. The minimum absolute atomic E-state index is 0.0902. The van der Waals surface area contributed by atoms with Crippen molar-refractivity contribution in [2.75, 3.05) is 11.1 Å². The highest BCUT2D eigenvalue weighted by Crippen LogP contribution is 2.60. The van der Waals surface area contributed by atoms with Crippen LogP contribution in [0.4, 0.5) is 5.69 Å². The number of nitrogens with zero attached hydrogens (tertiary/aromatic N) is 3. The zero-order chi connectivity index (χ0) is 25.6. The maximum atomic E-state index is 12.8. The number of aromatic nitrogens is 3. The molecule has 1 aromatic heterocycles. The third kappa shape index (κ3) is 4.86. The van der Waals surface area contributed by atoms with Gasteiger partial charge in [0, 0.05) is 16.7 Å². The number of hydrogen-bond donors (Lipinski definition) is 2. The van der Waals surface area contributed by atoms with Crippen molar-refractivity contribution in [1.29, 1.82) is 0 Å². The lowest BCUT2D eigenvalue weighted by Gasteiger charge is -2.57. The van der Waals surface area contributed by atoms with Crippen LogP contribution in [0.1, 0.15) is 44.1 Å². The molecule has 4 fully saturated rings. The summed E-state index contributed by atoms with van der Waals surface area (Å²) in [6, 6.07) is 13.8. The number of carbonyl (C=O) groups is 1. The molecule has 192 valence electrons. The second kappa shape index (κ2) is 9.95. The number of phenols is 1. The Morgan fingerprint density at radius 2 is 1.78 bits per heavy atom. The van der Waals surface area contributed by atoms with Gasteiger partial charge in [-0.15, -0.1) is 16.8 Å². The van der Waals surface area contributed by atoms with Gasteiger partial charge in [-0.25, -0.2) is 0 Å². The number of carbonyl (C=O) groups excluding carboxylic acids is 1. The van der Waals surface area contributed by atoms with Gasteiger partial charge in [-0.3, -0.25) is 9.36 Å². The van der Waals surface area contributed by atoms with Crippen LogP contribution in [0.25, 0.3) is 11.4 Å². The largest absolute Gasteiger partial charge is 0.507 e. The summed E-state index contributed by atoms with van der Waals surface area (Å²) in [7, 11) is 0.